The fraction of sp³-hybridized carbons (Fsp3) is 0.583. The molecule has 0 bridgehead atoms. The van der Waals surface area contributed by atoms with E-state index >= 15 is 4.39 Å². The van der Waals surface area contributed by atoms with Crippen molar-refractivity contribution < 1.29 is 55.9 Å². The number of rotatable bonds is 7. The number of anilines is 2. The molecule has 0 aromatic carbocycles. The molecule has 0 spiro atoms. The first-order valence-electron chi connectivity index (χ1n) is 8.87. The van der Waals surface area contributed by atoms with Gasteiger partial charge in [0.25, 0.3) is 0 Å². The van der Waals surface area contributed by atoms with Crippen LogP contribution in [0, 0.1) is 5.92 Å². The molecule has 2 aliphatic carbocycles. The molecule has 2 heterocycles. The number of hydrogen-bond donors (Lipinski definition) is 7. The molecule has 2 aromatic heterocycles. The second kappa shape index (κ2) is 7.23. The first-order chi connectivity index (χ1) is 14.9. The maximum absolute atomic E-state index is 15.8. The summed E-state index contributed by atoms with van der Waals surface area (Å²) >= 11 is 0. The van der Waals surface area contributed by atoms with Crippen LogP contribution < -0.4 is 11.5 Å². The Bertz CT molecular complexity index is 1280. The number of imidazole rings is 1. The van der Waals surface area contributed by atoms with Gasteiger partial charge in [-0.2, -0.15) is 18.6 Å². The van der Waals surface area contributed by atoms with Gasteiger partial charge >= 0.3 is 23.5 Å². The van der Waals surface area contributed by atoms with Crippen molar-refractivity contribution in [1.82, 2.24) is 19.5 Å². The quantitative estimate of drug-likeness (QED) is 0.225. The summed E-state index contributed by atoms with van der Waals surface area (Å²) in [4.78, 5) is 47.8. The van der Waals surface area contributed by atoms with Gasteiger partial charge in [0.1, 0.15) is 17.2 Å². The fourth-order valence-corrected chi connectivity index (χ4v) is 7.49. The molecule has 33 heavy (non-hydrogen) atoms. The number of phosphoric acid groups is 3. The Morgan fingerprint density at radius 3 is 2.33 bits per heavy atom. The van der Waals surface area contributed by atoms with E-state index in [-0.39, 0.29) is 29.4 Å². The average Bonchev–Trinajstić information content (AvgIpc) is 2.89. The Morgan fingerprint density at radius 2 is 1.79 bits per heavy atom. The summed E-state index contributed by atoms with van der Waals surface area (Å²) in [5.74, 6) is -1.34. The van der Waals surface area contributed by atoms with E-state index in [4.69, 9.17) is 21.3 Å². The van der Waals surface area contributed by atoms with E-state index in [9.17, 15) is 28.6 Å². The second-order valence-corrected chi connectivity index (χ2v) is 12.0. The van der Waals surface area contributed by atoms with Gasteiger partial charge in [-0.05, 0) is 13.3 Å². The van der Waals surface area contributed by atoms with E-state index in [0.29, 0.717) is 0 Å². The minimum atomic E-state index is -5.76. The molecule has 21 heteroatoms. The Morgan fingerprint density at radius 1 is 1.15 bits per heavy atom. The SMILES string of the molecule is C[C@]1(F)[C@H](n2cnc3c(N)nc(N)nc32)C[C@@H]2C(OP(=O)(O)OP(=O)(O)OP(=O)(O)O)[C@@]21O. The first-order valence-corrected chi connectivity index (χ1v) is 13.4. The van der Waals surface area contributed by atoms with Crippen LogP contribution in [0.2, 0.25) is 0 Å². The van der Waals surface area contributed by atoms with Gasteiger partial charge in [-0.1, -0.05) is 0 Å². The van der Waals surface area contributed by atoms with Crippen molar-refractivity contribution in [2.45, 2.75) is 36.8 Å². The highest BCUT2D eigenvalue weighted by Gasteiger charge is 2.83. The summed E-state index contributed by atoms with van der Waals surface area (Å²) in [6.07, 6.45) is -0.628. The van der Waals surface area contributed by atoms with Gasteiger partial charge in [0.05, 0.1) is 12.4 Å². The van der Waals surface area contributed by atoms with E-state index < -0.39 is 52.8 Å². The highest BCUT2D eigenvalue weighted by atomic mass is 31.3. The van der Waals surface area contributed by atoms with E-state index in [1.54, 1.807) is 0 Å². The van der Waals surface area contributed by atoms with Crippen LogP contribution in [0.4, 0.5) is 16.2 Å². The van der Waals surface area contributed by atoms with Crippen LogP contribution in [0.5, 0.6) is 0 Å². The number of halogens is 1. The molecule has 0 saturated heterocycles. The van der Waals surface area contributed by atoms with Gasteiger partial charge in [0.2, 0.25) is 5.95 Å². The summed E-state index contributed by atoms with van der Waals surface area (Å²) in [6, 6.07) is -1.10. The average molecular weight is 534 g/mol. The number of nitrogen functional groups attached to an aromatic ring is 2. The highest BCUT2D eigenvalue weighted by Crippen LogP contribution is 2.73. The number of phosphoric ester groups is 1. The van der Waals surface area contributed by atoms with Crippen LogP contribution >= 0.6 is 23.5 Å². The van der Waals surface area contributed by atoms with Crippen molar-refractivity contribution in [3.05, 3.63) is 6.33 Å². The standard InChI is InChI=1S/C12H18FN6O11P3/c1-11(13)5(19-3-16-6-8(14)17-10(15)18-9(6)19)2-4-7(12(4,11)20)28-32(24,25)30-33(26,27)29-31(21,22)23/h3-5,7,20H,2H2,1H3,(H,24,25)(H,26,27)(H2,21,22,23)(H4,14,15,17,18)/t4-,5-,7?,11+,12+/m1/s1. The van der Waals surface area contributed by atoms with Gasteiger partial charge in [-0.25, -0.2) is 23.1 Å². The summed E-state index contributed by atoms with van der Waals surface area (Å²) in [7, 11) is -16.9. The summed E-state index contributed by atoms with van der Waals surface area (Å²) < 4.78 is 63.2. The number of hydrogen-bond acceptors (Lipinski definition) is 12. The lowest BCUT2D eigenvalue weighted by molar-refractivity contribution is -0.0580. The molecule has 0 aliphatic heterocycles. The molecular weight excluding hydrogens is 516 g/mol. The molecule has 9 N–H and O–H groups in total. The molecule has 7 atom stereocenters. The molecule has 0 radical (unpaired) electrons. The van der Waals surface area contributed by atoms with Gasteiger partial charge in [-0.3, -0.25) is 4.52 Å². The van der Waals surface area contributed by atoms with Crippen LogP contribution in [0.15, 0.2) is 6.33 Å². The Labute approximate surface area is 183 Å². The third-order valence-corrected chi connectivity index (χ3v) is 9.43. The second-order valence-electron chi connectivity index (χ2n) is 7.67. The van der Waals surface area contributed by atoms with Crippen molar-refractivity contribution in [3.63, 3.8) is 0 Å². The molecule has 2 saturated carbocycles. The number of alkyl halides is 1. The van der Waals surface area contributed by atoms with Crippen LogP contribution in [0.3, 0.4) is 0 Å². The minimum absolute atomic E-state index is 0.0517. The third-order valence-electron chi connectivity index (χ3n) is 5.61. The molecule has 2 fully saturated rings. The first kappa shape index (κ1) is 24.6. The zero-order valence-electron chi connectivity index (χ0n) is 16.4. The maximum Gasteiger partial charge on any atom is 0.490 e. The van der Waals surface area contributed by atoms with Gasteiger partial charge in [-0.15, -0.1) is 0 Å². The fourth-order valence-electron chi connectivity index (χ4n) is 4.24. The maximum atomic E-state index is 15.8. The van der Waals surface area contributed by atoms with Gasteiger partial charge < -0.3 is 40.7 Å². The smallest absolute Gasteiger partial charge is 0.383 e. The lowest BCUT2D eigenvalue weighted by atomic mass is 9.93. The van der Waals surface area contributed by atoms with Crippen molar-refractivity contribution in [1.29, 1.82) is 0 Å². The number of fused-ring (bicyclic) bond motifs is 2. The Kier molecular flexibility index (Phi) is 5.38. The minimum Gasteiger partial charge on any atom is -0.383 e. The molecule has 3 unspecified atom stereocenters. The summed E-state index contributed by atoms with van der Waals surface area (Å²) in [6.45, 7) is 0.998. The zero-order chi connectivity index (χ0) is 24.8. The molecule has 2 aromatic rings. The van der Waals surface area contributed by atoms with E-state index in [1.807, 2.05) is 0 Å². The van der Waals surface area contributed by atoms with Crippen LogP contribution in [0.1, 0.15) is 19.4 Å². The highest BCUT2D eigenvalue weighted by molar-refractivity contribution is 7.66. The van der Waals surface area contributed by atoms with Crippen molar-refractivity contribution in [2.75, 3.05) is 11.5 Å². The van der Waals surface area contributed by atoms with E-state index in [0.717, 1.165) is 6.92 Å². The molecule has 184 valence electrons. The monoisotopic (exact) mass is 534 g/mol. The molecular formula is C12H18FN6O11P3. The summed E-state index contributed by atoms with van der Waals surface area (Å²) in [5, 5.41) is 10.9. The number of nitrogens with zero attached hydrogens (tertiary/aromatic N) is 4. The van der Waals surface area contributed by atoms with Crippen LogP contribution in [0.25, 0.3) is 11.2 Å². The number of aromatic nitrogens is 4. The van der Waals surface area contributed by atoms with Gasteiger partial charge in [0.15, 0.2) is 17.1 Å². The largest absolute Gasteiger partial charge is 0.490 e. The molecule has 0 amide bonds. The topological polar surface area (TPSA) is 276 Å². The molecule has 2 aliphatic rings. The van der Waals surface area contributed by atoms with Crippen molar-refractivity contribution >= 4 is 46.4 Å². The van der Waals surface area contributed by atoms with Crippen LogP contribution in [-0.2, 0) is 26.8 Å². The normalized spacial score (nSPS) is 35.2. The van der Waals surface area contributed by atoms with Crippen molar-refractivity contribution in [2.24, 2.45) is 5.92 Å². The predicted octanol–water partition coefficient (Wildman–Crippen LogP) is -0.264. The lowest BCUT2D eigenvalue weighted by Gasteiger charge is -2.32. The number of nitrogens with two attached hydrogens (primary N) is 2. The van der Waals surface area contributed by atoms with E-state index in [1.165, 1.54) is 10.9 Å². The zero-order valence-corrected chi connectivity index (χ0v) is 19.0. The molecule has 4 rings (SSSR count). The lowest BCUT2D eigenvalue weighted by Crippen LogP contribution is -2.44. The number of aliphatic hydroxyl groups is 1. The van der Waals surface area contributed by atoms with E-state index in [2.05, 4.69) is 28.1 Å². The molecule has 17 nitrogen and oxygen atoms in total. The third kappa shape index (κ3) is 4.11. The van der Waals surface area contributed by atoms with Gasteiger partial charge in [0, 0.05) is 5.92 Å². The van der Waals surface area contributed by atoms with Crippen LogP contribution in [-0.4, -0.2) is 61.6 Å². The Hall–Kier alpha value is -1.55. The van der Waals surface area contributed by atoms with Crippen molar-refractivity contribution in [3.8, 4) is 0 Å². The predicted molar refractivity (Wildman–Crippen MR) is 104 cm³/mol. The Balaban J connectivity index is 1.55. The summed E-state index contributed by atoms with van der Waals surface area (Å²) in [5.41, 5.74) is 6.67.